The first-order valence-corrected chi connectivity index (χ1v) is 9.13. The Morgan fingerprint density at radius 2 is 2.00 bits per heavy atom. The molecule has 1 aromatic carbocycles. The molecule has 1 amide bonds. The Hall–Kier alpha value is -0.990. The Morgan fingerprint density at radius 1 is 1.38 bits per heavy atom. The number of amides is 1. The highest BCUT2D eigenvalue weighted by Crippen LogP contribution is 2.21. The third-order valence-electron chi connectivity index (χ3n) is 3.45. The van der Waals surface area contributed by atoms with Gasteiger partial charge in [0.2, 0.25) is 10.0 Å². The van der Waals surface area contributed by atoms with Gasteiger partial charge in [-0.3, -0.25) is 4.79 Å². The molecular weight excluding hydrogens is 363 g/mol. The van der Waals surface area contributed by atoms with Crippen LogP contribution in [0.15, 0.2) is 22.7 Å². The molecule has 21 heavy (non-hydrogen) atoms. The molecule has 5 nitrogen and oxygen atoms in total. The van der Waals surface area contributed by atoms with Gasteiger partial charge in [-0.1, -0.05) is 6.07 Å². The topological polar surface area (TPSA) is 66.5 Å². The van der Waals surface area contributed by atoms with Crippen LogP contribution in [0.25, 0.3) is 0 Å². The van der Waals surface area contributed by atoms with Crippen LogP contribution in [0.2, 0.25) is 0 Å². The Morgan fingerprint density at radius 3 is 2.57 bits per heavy atom. The highest BCUT2D eigenvalue weighted by atomic mass is 79.9. The number of rotatable bonds is 3. The van der Waals surface area contributed by atoms with E-state index in [1.807, 2.05) is 0 Å². The summed E-state index contributed by atoms with van der Waals surface area (Å²) in [5.41, 5.74) is 0.237. The minimum absolute atomic E-state index is 0.106. The number of sulfonamides is 1. The van der Waals surface area contributed by atoms with E-state index in [9.17, 15) is 17.6 Å². The largest absolute Gasteiger partial charge is 0.349 e. The Kier molecular flexibility index (Phi) is 5.00. The summed E-state index contributed by atoms with van der Waals surface area (Å²) in [6.07, 6.45) is 2.27. The first-order chi connectivity index (χ1) is 9.79. The minimum Gasteiger partial charge on any atom is -0.349 e. The highest BCUT2D eigenvalue weighted by Gasteiger charge is 2.26. The zero-order valence-corrected chi connectivity index (χ0v) is 13.9. The summed E-state index contributed by atoms with van der Waals surface area (Å²) in [7, 11) is -3.18. The zero-order chi connectivity index (χ0) is 15.6. The van der Waals surface area contributed by atoms with E-state index in [0.717, 1.165) is 0 Å². The molecule has 0 aliphatic carbocycles. The SMILES string of the molecule is CS(=O)(=O)N1CCC(NC(=O)c2cccc(F)c2Br)CC1. The number of benzene rings is 1. The van der Waals surface area contributed by atoms with Crippen molar-refractivity contribution in [2.45, 2.75) is 18.9 Å². The summed E-state index contributed by atoms with van der Waals surface area (Å²) in [4.78, 5) is 12.1. The maximum Gasteiger partial charge on any atom is 0.252 e. The van der Waals surface area contributed by atoms with E-state index in [-0.39, 0.29) is 22.0 Å². The third-order valence-corrected chi connectivity index (χ3v) is 5.56. The van der Waals surface area contributed by atoms with E-state index in [0.29, 0.717) is 25.9 Å². The number of carbonyl (C=O) groups is 1. The van der Waals surface area contributed by atoms with Crippen molar-refractivity contribution in [3.8, 4) is 0 Å². The fourth-order valence-corrected chi connectivity index (χ4v) is 3.59. The van der Waals surface area contributed by atoms with Gasteiger partial charge in [-0.2, -0.15) is 0 Å². The van der Waals surface area contributed by atoms with Crippen molar-refractivity contribution in [2.75, 3.05) is 19.3 Å². The quantitative estimate of drug-likeness (QED) is 0.870. The summed E-state index contributed by atoms with van der Waals surface area (Å²) >= 11 is 3.06. The first kappa shape index (κ1) is 16.4. The van der Waals surface area contributed by atoms with Gasteiger partial charge in [-0.15, -0.1) is 0 Å². The van der Waals surface area contributed by atoms with Crippen molar-refractivity contribution in [1.29, 1.82) is 0 Å². The van der Waals surface area contributed by atoms with Gasteiger partial charge >= 0.3 is 0 Å². The van der Waals surface area contributed by atoms with Gasteiger partial charge in [0.1, 0.15) is 5.82 Å². The average Bonchev–Trinajstić information content (AvgIpc) is 2.41. The molecule has 8 heteroatoms. The molecule has 1 fully saturated rings. The van der Waals surface area contributed by atoms with Gasteiger partial charge in [0.05, 0.1) is 16.3 Å². The molecule has 1 heterocycles. The van der Waals surface area contributed by atoms with Crippen LogP contribution in [-0.4, -0.2) is 44.0 Å². The van der Waals surface area contributed by atoms with Crippen LogP contribution in [0, 0.1) is 5.82 Å². The molecule has 116 valence electrons. The van der Waals surface area contributed by atoms with Crippen molar-refractivity contribution in [2.24, 2.45) is 0 Å². The monoisotopic (exact) mass is 378 g/mol. The maximum absolute atomic E-state index is 13.4. The number of halogens is 2. The molecule has 0 radical (unpaired) electrons. The smallest absolute Gasteiger partial charge is 0.252 e. The van der Waals surface area contributed by atoms with Crippen molar-refractivity contribution < 1.29 is 17.6 Å². The summed E-state index contributed by atoms with van der Waals surface area (Å²) in [6, 6.07) is 4.17. The summed E-state index contributed by atoms with van der Waals surface area (Å²) in [5, 5.41) is 2.82. The first-order valence-electron chi connectivity index (χ1n) is 6.49. The molecule has 2 rings (SSSR count). The highest BCUT2D eigenvalue weighted by molar-refractivity contribution is 9.10. The van der Waals surface area contributed by atoms with Gasteiger partial charge in [0.15, 0.2) is 0 Å². The molecule has 1 aliphatic rings. The van der Waals surface area contributed by atoms with E-state index in [4.69, 9.17) is 0 Å². The van der Waals surface area contributed by atoms with Crippen molar-refractivity contribution in [3.63, 3.8) is 0 Å². The van der Waals surface area contributed by atoms with Crippen molar-refractivity contribution >= 4 is 31.9 Å². The third kappa shape index (κ3) is 4.02. The number of carbonyl (C=O) groups excluding carboxylic acids is 1. The van der Waals surface area contributed by atoms with Crippen LogP contribution in [0.1, 0.15) is 23.2 Å². The van der Waals surface area contributed by atoms with E-state index >= 15 is 0 Å². The second-order valence-electron chi connectivity index (χ2n) is 5.01. The molecule has 0 saturated carbocycles. The molecule has 1 saturated heterocycles. The lowest BCUT2D eigenvalue weighted by atomic mass is 10.1. The van der Waals surface area contributed by atoms with E-state index in [2.05, 4.69) is 21.2 Å². The number of nitrogens with one attached hydrogen (secondary N) is 1. The van der Waals surface area contributed by atoms with Gasteiger partial charge in [0, 0.05) is 19.1 Å². The molecular formula is C13H16BrFN2O3S. The van der Waals surface area contributed by atoms with E-state index in [1.165, 1.54) is 28.8 Å². The van der Waals surface area contributed by atoms with Gasteiger partial charge < -0.3 is 5.32 Å². The minimum atomic E-state index is -3.18. The van der Waals surface area contributed by atoms with E-state index < -0.39 is 15.8 Å². The van der Waals surface area contributed by atoms with Gasteiger partial charge in [0.25, 0.3) is 5.91 Å². The van der Waals surface area contributed by atoms with Crippen LogP contribution in [0.4, 0.5) is 4.39 Å². The van der Waals surface area contributed by atoms with Crippen LogP contribution < -0.4 is 5.32 Å². The fraction of sp³-hybridized carbons (Fsp3) is 0.462. The number of piperidine rings is 1. The molecule has 0 atom stereocenters. The Bertz CT molecular complexity index is 643. The van der Waals surface area contributed by atoms with Crippen molar-refractivity contribution in [1.82, 2.24) is 9.62 Å². The van der Waals surface area contributed by atoms with Crippen LogP contribution >= 0.6 is 15.9 Å². The predicted molar refractivity (Wildman–Crippen MR) is 81.0 cm³/mol. The molecule has 1 aliphatic heterocycles. The molecule has 0 bridgehead atoms. The number of nitrogens with zero attached hydrogens (tertiary/aromatic N) is 1. The zero-order valence-electron chi connectivity index (χ0n) is 11.5. The second-order valence-corrected chi connectivity index (χ2v) is 7.79. The van der Waals surface area contributed by atoms with Gasteiger partial charge in [-0.05, 0) is 40.9 Å². The number of hydrogen-bond acceptors (Lipinski definition) is 3. The molecule has 1 aromatic rings. The van der Waals surface area contributed by atoms with Crippen LogP contribution in [0.3, 0.4) is 0 Å². The lowest BCUT2D eigenvalue weighted by Gasteiger charge is -2.30. The van der Waals surface area contributed by atoms with Crippen LogP contribution in [0.5, 0.6) is 0 Å². The summed E-state index contributed by atoms with van der Waals surface area (Å²) < 4.78 is 37.8. The second kappa shape index (κ2) is 6.41. The lowest BCUT2D eigenvalue weighted by molar-refractivity contribution is 0.0922. The Labute approximate surface area is 131 Å². The van der Waals surface area contributed by atoms with Crippen LogP contribution in [-0.2, 0) is 10.0 Å². The molecule has 0 aromatic heterocycles. The lowest BCUT2D eigenvalue weighted by Crippen LogP contribution is -2.46. The summed E-state index contributed by atoms with van der Waals surface area (Å²) in [6.45, 7) is 0.766. The Balaban J connectivity index is 1.98. The summed E-state index contributed by atoms with van der Waals surface area (Å²) in [5.74, 6) is -0.853. The predicted octanol–water partition coefficient (Wildman–Crippen LogP) is 1.74. The standard InChI is InChI=1S/C13H16BrFN2O3S/c1-21(19,20)17-7-5-9(6-8-17)16-13(18)10-3-2-4-11(15)12(10)14/h2-4,9H,5-8H2,1H3,(H,16,18). The molecule has 0 spiro atoms. The number of hydrogen-bond donors (Lipinski definition) is 1. The normalized spacial score (nSPS) is 17.7. The maximum atomic E-state index is 13.4. The molecule has 0 unspecified atom stereocenters. The average molecular weight is 379 g/mol. The fourth-order valence-electron chi connectivity index (χ4n) is 2.27. The van der Waals surface area contributed by atoms with E-state index in [1.54, 1.807) is 0 Å². The van der Waals surface area contributed by atoms with Crippen molar-refractivity contribution in [3.05, 3.63) is 34.1 Å². The molecule has 1 N–H and O–H groups in total. The van der Waals surface area contributed by atoms with Gasteiger partial charge in [-0.25, -0.2) is 17.1 Å².